The van der Waals surface area contributed by atoms with E-state index in [1.165, 1.54) is 10.9 Å². The molecule has 0 aliphatic heterocycles. The van der Waals surface area contributed by atoms with Gasteiger partial charge in [0.15, 0.2) is 0 Å². The summed E-state index contributed by atoms with van der Waals surface area (Å²) in [6, 6.07) is 8.90. The first-order chi connectivity index (χ1) is 8.95. The van der Waals surface area contributed by atoms with Gasteiger partial charge in [0, 0.05) is 5.39 Å². The Balaban J connectivity index is 2.43. The third-order valence-corrected chi connectivity index (χ3v) is 3.57. The Hall–Kier alpha value is -1.28. The molecule has 0 bridgehead atoms. The van der Waals surface area contributed by atoms with Crippen molar-refractivity contribution in [3.05, 3.63) is 35.6 Å². The van der Waals surface area contributed by atoms with E-state index in [9.17, 15) is 0 Å². The van der Waals surface area contributed by atoms with Crippen molar-refractivity contribution < 1.29 is 4.42 Å². The van der Waals surface area contributed by atoms with E-state index in [0.717, 1.165) is 24.3 Å². The molecule has 0 radical (unpaired) electrons. The maximum absolute atomic E-state index is 6.05. The summed E-state index contributed by atoms with van der Waals surface area (Å²) in [5, 5.41) is 4.74. The van der Waals surface area contributed by atoms with Crippen LogP contribution in [-0.4, -0.2) is 6.54 Å². The van der Waals surface area contributed by atoms with E-state index in [0.29, 0.717) is 0 Å². The average molecular weight is 259 g/mol. The van der Waals surface area contributed by atoms with Crippen LogP contribution in [0.15, 0.2) is 28.7 Å². The van der Waals surface area contributed by atoms with Crippen molar-refractivity contribution in [2.75, 3.05) is 6.54 Å². The minimum absolute atomic E-state index is 0.136. The van der Waals surface area contributed by atoms with Crippen molar-refractivity contribution in [3.8, 4) is 0 Å². The van der Waals surface area contributed by atoms with Crippen molar-refractivity contribution in [2.24, 2.45) is 5.41 Å². The summed E-state index contributed by atoms with van der Waals surface area (Å²) in [7, 11) is 0. The minimum atomic E-state index is 0.136. The van der Waals surface area contributed by atoms with Crippen molar-refractivity contribution in [3.63, 3.8) is 0 Å². The second-order valence-corrected chi connectivity index (χ2v) is 6.23. The molecule has 2 heteroatoms. The van der Waals surface area contributed by atoms with Gasteiger partial charge in [0.25, 0.3) is 0 Å². The number of hydrogen-bond acceptors (Lipinski definition) is 2. The molecule has 1 atom stereocenters. The van der Waals surface area contributed by atoms with Crippen LogP contribution in [0.2, 0.25) is 0 Å². The molecular weight excluding hydrogens is 234 g/mol. The fourth-order valence-electron chi connectivity index (χ4n) is 2.51. The molecule has 1 N–H and O–H groups in total. The van der Waals surface area contributed by atoms with E-state index in [1.54, 1.807) is 0 Å². The Morgan fingerprint density at radius 3 is 2.47 bits per heavy atom. The third kappa shape index (κ3) is 3.01. The summed E-state index contributed by atoms with van der Waals surface area (Å²) in [6.07, 6.45) is 1.06. The number of benzene rings is 1. The van der Waals surface area contributed by atoms with Crippen molar-refractivity contribution in [2.45, 2.75) is 47.1 Å². The molecule has 0 spiro atoms. The lowest BCUT2D eigenvalue weighted by molar-refractivity contribution is 0.244. The van der Waals surface area contributed by atoms with E-state index < -0.39 is 0 Å². The Bertz CT molecular complexity index is 548. The SMILES string of the molecule is CCNC(c1cc2cc(CC)ccc2o1)C(C)(C)C. The van der Waals surface area contributed by atoms with Crippen LogP contribution in [0.1, 0.15) is 52.0 Å². The molecule has 2 aromatic rings. The van der Waals surface area contributed by atoms with Crippen LogP contribution in [0.5, 0.6) is 0 Å². The molecule has 2 nitrogen and oxygen atoms in total. The van der Waals surface area contributed by atoms with Crippen LogP contribution in [0.25, 0.3) is 11.0 Å². The summed E-state index contributed by atoms with van der Waals surface area (Å²) in [6.45, 7) is 12.0. The first kappa shape index (κ1) is 14.1. The number of nitrogens with one attached hydrogen (secondary N) is 1. The fourth-order valence-corrected chi connectivity index (χ4v) is 2.51. The van der Waals surface area contributed by atoms with Gasteiger partial charge in [-0.25, -0.2) is 0 Å². The zero-order chi connectivity index (χ0) is 14.0. The quantitative estimate of drug-likeness (QED) is 0.861. The average Bonchev–Trinajstić information content (AvgIpc) is 2.76. The topological polar surface area (TPSA) is 25.2 Å². The lowest BCUT2D eigenvalue weighted by atomic mass is 9.85. The molecule has 0 aliphatic carbocycles. The molecule has 0 saturated heterocycles. The summed E-state index contributed by atoms with van der Waals surface area (Å²) < 4.78 is 6.05. The summed E-state index contributed by atoms with van der Waals surface area (Å²) in [5.74, 6) is 1.04. The molecule has 1 aromatic carbocycles. The van der Waals surface area contributed by atoms with Crippen LogP contribution in [0.4, 0.5) is 0 Å². The van der Waals surface area contributed by atoms with Crippen molar-refractivity contribution in [1.82, 2.24) is 5.32 Å². The molecule has 1 heterocycles. The number of aryl methyl sites for hydroxylation is 1. The van der Waals surface area contributed by atoms with Crippen molar-refractivity contribution in [1.29, 1.82) is 0 Å². The highest BCUT2D eigenvalue weighted by Gasteiger charge is 2.28. The zero-order valence-electron chi connectivity index (χ0n) is 12.7. The van der Waals surface area contributed by atoms with Crippen molar-refractivity contribution >= 4 is 11.0 Å². The second kappa shape index (κ2) is 5.38. The Morgan fingerprint density at radius 2 is 1.89 bits per heavy atom. The summed E-state index contributed by atoms with van der Waals surface area (Å²) in [4.78, 5) is 0. The molecule has 0 aliphatic rings. The van der Waals surface area contributed by atoms with Gasteiger partial charge in [0.05, 0.1) is 6.04 Å². The second-order valence-electron chi connectivity index (χ2n) is 6.23. The fraction of sp³-hybridized carbons (Fsp3) is 0.529. The van der Waals surface area contributed by atoms with Gasteiger partial charge in [-0.2, -0.15) is 0 Å². The normalized spacial score (nSPS) is 13.9. The maximum Gasteiger partial charge on any atom is 0.134 e. The molecule has 0 fully saturated rings. The lowest BCUT2D eigenvalue weighted by Crippen LogP contribution is -2.31. The molecule has 0 amide bonds. The molecule has 0 saturated carbocycles. The molecule has 2 rings (SSSR count). The van der Waals surface area contributed by atoms with E-state index in [1.807, 2.05) is 0 Å². The molecule has 104 valence electrons. The monoisotopic (exact) mass is 259 g/mol. The van der Waals surface area contributed by atoms with Crippen LogP contribution in [0, 0.1) is 5.41 Å². The number of rotatable bonds is 4. The highest BCUT2D eigenvalue weighted by molar-refractivity contribution is 5.78. The van der Waals surface area contributed by atoms with Gasteiger partial charge in [0.2, 0.25) is 0 Å². The number of furan rings is 1. The Morgan fingerprint density at radius 1 is 1.16 bits per heavy atom. The summed E-state index contributed by atoms with van der Waals surface area (Å²) >= 11 is 0. The van der Waals surface area contributed by atoms with Crippen LogP contribution in [-0.2, 0) is 6.42 Å². The highest BCUT2D eigenvalue weighted by atomic mass is 16.3. The Labute approximate surface area is 116 Å². The van der Waals surface area contributed by atoms with Crippen LogP contribution >= 0.6 is 0 Å². The van der Waals surface area contributed by atoms with E-state index in [4.69, 9.17) is 4.42 Å². The predicted octanol–water partition coefficient (Wildman–Crippen LogP) is 4.69. The van der Waals surface area contributed by atoms with Gasteiger partial charge >= 0.3 is 0 Å². The lowest BCUT2D eigenvalue weighted by Gasteiger charge is -2.29. The van der Waals surface area contributed by atoms with Gasteiger partial charge in [0.1, 0.15) is 11.3 Å². The highest BCUT2D eigenvalue weighted by Crippen LogP contribution is 2.35. The number of hydrogen-bond donors (Lipinski definition) is 1. The van der Waals surface area contributed by atoms with Crippen LogP contribution in [0.3, 0.4) is 0 Å². The van der Waals surface area contributed by atoms with E-state index in [2.05, 4.69) is 64.2 Å². The van der Waals surface area contributed by atoms with Gasteiger partial charge < -0.3 is 9.73 Å². The van der Waals surface area contributed by atoms with E-state index in [-0.39, 0.29) is 11.5 Å². The van der Waals surface area contributed by atoms with E-state index >= 15 is 0 Å². The van der Waals surface area contributed by atoms with Gasteiger partial charge in [-0.15, -0.1) is 0 Å². The van der Waals surface area contributed by atoms with Crippen LogP contribution < -0.4 is 5.32 Å². The maximum atomic E-state index is 6.05. The minimum Gasteiger partial charge on any atom is -0.459 e. The standard InChI is InChI=1S/C17H25NO/c1-6-12-8-9-14-13(10-12)11-15(19-14)16(18-7-2)17(3,4)5/h8-11,16,18H,6-7H2,1-5H3. The third-order valence-electron chi connectivity index (χ3n) is 3.57. The zero-order valence-corrected chi connectivity index (χ0v) is 12.7. The Kier molecular flexibility index (Phi) is 4.00. The molecule has 19 heavy (non-hydrogen) atoms. The summed E-state index contributed by atoms with van der Waals surface area (Å²) in [5.41, 5.74) is 2.48. The van der Waals surface area contributed by atoms with Gasteiger partial charge in [-0.05, 0) is 42.1 Å². The van der Waals surface area contributed by atoms with Gasteiger partial charge in [-0.3, -0.25) is 0 Å². The first-order valence-electron chi connectivity index (χ1n) is 7.21. The molecule has 1 aromatic heterocycles. The predicted molar refractivity (Wildman–Crippen MR) is 81.5 cm³/mol. The largest absolute Gasteiger partial charge is 0.459 e. The van der Waals surface area contributed by atoms with Gasteiger partial charge in [-0.1, -0.05) is 40.7 Å². The number of fused-ring (bicyclic) bond motifs is 1. The molecule has 1 unspecified atom stereocenters. The smallest absolute Gasteiger partial charge is 0.134 e. The first-order valence-corrected chi connectivity index (χ1v) is 7.21. The molecular formula is C17H25NO.